The first-order chi connectivity index (χ1) is 17.2. The minimum Gasteiger partial charge on any atom is -0.493 e. The Morgan fingerprint density at radius 3 is 2.36 bits per heavy atom. The van der Waals surface area contributed by atoms with Gasteiger partial charge in [0.1, 0.15) is 0 Å². The molecule has 2 amide bonds. The number of nitrogens with one attached hydrogen (secondary N) is 2. The van der Waals surface area contributed by atoms with Crippen LogP contribution >= 0.6 is 46.4 Å². The van der Waals surface area contributed by atoms with E-state index in [2.05, 4.69) is 15.8 Å². The van der Waals surface area contributed by atoms with Crippen molar-refractivity contribution in [3.63, 3.8) is 0 Å². The number of amides is 2. The second-order valence-electron chi connectivity index (χ2n) is 7.03. The Morgan fingerprint density at radius 1 is 0.889 bits per heavy atom. The van der Waals surface area contributed by atoms with Crippen LogP contribution in [0.4, 0.5) is 0 Å². The van der Waals surface area contributed by atoms with Gasteiger partial charge in [0.2, 0.25) is 0 Å². The van der Waals surface area contributed by atoms with Crippen LogP contribution in [-0.4, -0.2) is 37.7 Å². The van der Waals surface area contributed by atoms with Crippen molar-refractivity contribution >= 4 is 70.4 Å². The molecule has 0 aliphatic rings. The Balaban J connectivity index is 1.56. The van der Waals surface area contributed by atoms with E-state index in [9.17, 15) is 14.4 Å². The lowest BCUT2D eigenvalue weighted by molar-refractivity contribution is -0.120. The molecule has 186 valence electrons. The van der Waals surface area contributed by atoms with Crippen LogP contribution in [0.3, 0.4) is 0 Å². The summed E-state index contributed by atoms with van der Waals surface area (Å²) in [6.45, 7) is -0.318. The maximum absolute atomic E-state index is 12.5. The highest BCUT2D eigenvalue weighted by Crippen LogP contribution is 2.30. The molecular weight excluding hydrogens is 552 g/mol. The molecule has 8 nitrogen and oxygen atoms in total. The van der Waals surface area contributed by atoms with Gasteiger partial charge in [-0.1, -0.05) is 46.4 Å². The summed E-state index contributed by atoms with van der Waals surface area (Å²) in [5, 5.41) is 7.37. The zero-order valence-corrected chi connectivity index (χ0v) is 21.5. The molecule has 0 bridgehead atoms. The predicted octanol–water partition coefficient (Wildman–Crippen LogP) is 5.41. The Labute approximate surface area is 226 Å². The first kappa shape index (κ1) is 27.3. The fourth-order valence-corrected chi connectivity index (χ4v) is 3.56. The van der Waals surface area contributed by atoms with Crippen LogP contribution in [-0.2, 0) is 4.79 Å². The van der Waals surface area contributed by atoms with Crippen LogP contribution in [0.2, 0.25) is 20.1 Å². The molecule has 0 aromatic heterocycles. The summed E-state index contributed by atoms with van der Waals surface area (Å²) in [6.07, 6.45) is 1.35. The van der Waals surface area contributed by atoms with E-state index >= 15 is 0 Å². The van der Waals surface area contributed by atoms with Crippen LogP contribution in [0.25, 0.3) is 0 Å². The highest BCUT2D eigenvalue weighted by atomic mass is 35.5. The maximum atomic E-state index is 12.5. The smallest absolute Gasteiger partial charge is 0.345 e. The minimum atomic E-state index is -0.688. The van der Waals surface area contributed by atoms with Gasteiger partial charge in [-0.05, 0) is 60.2 Å². The number of ether oxygens (including phenoxy) is 2. The van der Waals surface area contributed by atoms with Gasteiger partial charge in [-0.3, -0.25) is 9.59 Å². The van der Waals surface area contributed by atoms with E-state index in [0.717, 1.165) is 0 Å². The lowest BCUT2D eigenvalue weighted by atomic mass is 10.2. The van der Waals surface area contributed by atoms with Crippen LogP contribution in [0.15, 0.2) is 59.7 Å². The second-order valence-corrected chi connectivity index (χ2v) is 8.69. The lowest BCUT2D eigenvalue weighted by Gasteiger charge is -2.10. The number of hydrogen-bond acceptors (Lipinski definition) is 6. The summed E-state index contributed by atoms with van der Waals surface area (Å²) < 4.78 is 10.7. The molecule has 0 fully saturated rings. The molecular formula is C24H17Cl4N3O5. The van der Waals surface area contributed by atoms with Crippen LogP contribution in [0, 0.1) is 0 Å². The average molecular weight is 569 g/mol. The van der Waals surface area contributed by atoms with E-state index < -0.39 is 17.8 Å². The molecule has 2 N–H and O–H groups in total. The van der Waals surface area contributed by atoms with Gasteiger partial charge in [-0.25, -0.2) is 10.2 Å². The van der Waals surface area contributed by atoms with E-state index in [0.29, 0.717) is 15.6 Å². The molecule has 36 heavy (non-hydrogen) atoms. The van der Waals surface area contributed by atoms with Gasteiger partial charge in [0, 0.05) is 10.6 Å². The Hall–Kier alpha value is -3.30. The number of hydrazone groups is 1. The molecule has 3 rings (SSSR count). The Kier molecular flexibility index (Phi) is 9.55. The largest absolute Gasteiger partial charge is 0.493 e. The maximum Gasteiger partial charge on any atom is 0.345 e. The van der Waals surface area contributed by atoms with E-state index in [1.807, 2.05) is 0 Å². The van der Waals surface area contributed by atoms with Gasteiger partial charge in [0.25, 0.3) is 11.8 Å². The fourth-order valence-electron chi connectivity index (χ4n) is 2.78. The van der Waals surface area contributed by atoms with Crippen molar-refractivity contribution in [2.45, 2.75) is 0 Å². The molecule has 3 aromatic rings. The molecule has 0 saturated carbocycles. The number of carbonyl (C=O) groups excluding carboxylic acids is 3. The van der Waals surface area contributed by atoms with E-state index in [4.69, 9.17) is 55.9 Å². The van der Waals surface area contributed by atoms with Crippen LogP contribution < -0.4 is 20.2 Å². The number of nitrogens with zero attached hydrogens (tertiary/aromatic N) is 1. The minimum absolute atomic E-state index is 0.141. The van der Waals surface area contributed by atoms with Crippen molar-refractivity contribution in [3.05, 3.63) is 91.4 Å². The molecule has 12 heteroatoms. The van der Waals surface area contributed by atoms with Crippen molar-refractivity contribution in [3.8, 4) is 11.5 Å². The number of carbonyl (C=O) groups is 3. The third-order valence-corrected chi connectivity index (χ3v) is 5.82. The molecule has 0 radical (unpaired) electrons. The monoisotopic (exact) mass is 567 g/mol. The molecule has 0 saturated heterocycles. The normalized spacial score (nSPS) is 10.7. The molecule has 0 spiro atoms. The first-order valence-corrected chi connectivity index (χ1v) is 11.6. The quantitative estimate of drug-likeness (QED) is 0.164. The third-order valence-electron chi connectivity index (χ3n) is 4.54. The second kappa shape index (κ2) is 12.6. The van der Waals surface area contributed by atoms with Gasteiger partial charge >= 0.3 is 5.97 Å². The average Bonchev–Trinajstić information content (AvgIpc) is 2.84. The highest BCUT2D eigenvalue weighted by Gasteiger charge is 2.16. The van der Waals surface area contributed by atoms with E-state index in [-0.39, 0.29) is 39.2 Å². The summed E-state index contributed by atoms with van der Waals surface area (Å²) >= 11 is 23.6. The summed E-state index contributed by atoms with van der Waals surface area (Å²) in [7, 11) is 1.40. The summed E-state index contributed by atoms with van der Waals surface area (Å²) in [5.41, 5.74) is 3.23. The van der Waals surface area contributed by atoms with Gasteiger partial charge in [-0.15, -0.1) is 0 Å². The molecule has 0 heterocycles. The van der Waals surface area contributed by atoms with Crippen molar-refractivity contribution < 1.29 is 23.9 Å². The van der Waals surface area contributed by atoms with Crippen molar-refractivity contribution in [2.75, 3.05) is 13.7 Å². The molecule has 0 atom stereocenters. The van der Waals surface area contributed by atoms with E-state index in [1.165, 1.54) is 55.8 Å². The van der Waals surface area contributed by atoms with Crippen molar-refractivity contribution in [1.82, 2.24) is 10.7 Å². The summed E-state index contributed by atoms with van der Waals surface area (Å²) in [6, 6.07) is 13.4. The molecule has 0 unspecified atom stereocenters. The zero-order chi connectivity index (χ0) is 26.2. The van der Waals surface area contributed by atoms with Gasteiger partial charge < -0.3 is 14.8 Å². The molecule has 0 aliphatic carbocycles. The van der Waals surface area contributed by atoms with E-state index in [1.54, 1.807) is 12.1 Å². The lowest BCUT2D eigenvalue weighted by Crippen LogP contribution is -2.34. The standard InChI is InChI=1S/C24H17Cl4N3O5/c1-35-21-8-13(2-7-20(21)36-24(34)16-5-4-15(25)10-18(16)27)11-30-31-22(32)12-29-23(33)14-3-6-17(26)19(28)9-14/h2-11H,12H2,1H3,(H,29,33)(H,31,32)/b30-11-. The predicted molar refractivity (Wildman–Crippen MR) is 139 cm³/mol. The van der Waals surface area contributed by atoms with Crippen molar-refractivity contribution in [2.24, 2.45) is 5.10 Å². The Morgan fingerprint density at radius 2 is 1.67 bits per heavy atom. The zero-order valence-electron chi connectivity index (χ0n) is 18.5. The summed E-state index contributed by atoms with van der Waals surface area (Å²) in [4.78, 5) is 36.6. The molecule has 0 aliphatic heterocycles. The number of rotatable bonds is 8. The number of esters is 1. The molecule has 3 aromatic carbocycles. The SMILES string of the molecule is COc1cc(/C=N\NC(=O)CNC(=O)c2ccc(Cl)c(Cl)c2)ccc1OC(=O)c1ccc(Cl)cc1Cl. The van der Waals surface area contributed by atoms with Crippen LogP contribution in [0.5, 0.6) is 11.5 Å². The van der Waals surface area contributed by atoms with Gasteiger partial charge in [0.05, 0.1) is 40.5 Å². The Bertz CT molecular complexity index is 1350. The topological polar surface area (TPSA) is 106 Å². The number of hydrogen-bond donors (Lipinski definition) is 2. The third kappa shape index (κ3) is 7.35. The number of benzene rings is 3. The van der Waals surface area contributed by atoms with Crippen molar-refractivity contribution in [1.29, 1.82) is 0 Å². The van der Waals surface area contributed by atoms with Crippen LogP contribution in [0.1, 0.15) is 26.3 Å². The number of halogens is 4. The highest BCUT2D eigenvalue weighted by molar-refractivity contribution is 6.42. The fraction of sp³-hybridized carbons (Fsp3) is 0.0833. The first-order valence-electron chi connectivity index (χ1n) is 10.1. The van der Waals surface area contributed by atoms with Gasteiger partial charge in [0.15, 0.2) is 11.5 Å². The summed E-state index contributed by atoms with van der Waals surface area (Å²) in [5.74, 6) is -1.34. The van der Waals surface area contributed by atoms with Gasteiger partial charge in [-0.2, -0.15) is 5.10 Å². The number of methoxy groups -OCH3 is 1.